The lowest BCUT2D eigenvalue weighted by Crippen LogP contribution is -2.41. The van der Waals surface area contributed by atoms with Gasteiger partial charge in [0.15, 0.2) is 0 Å². The summed E-state index contributed by atoms with van der Waals surface area (Å²) in [5.74, 6) is -1.16. The van der Waals surface area contributed by atoms with Gasteiger partial charge in [-0.05, 0) is 36.6 Å². The maximum absolute atomic E-state index is 12.0. The molecular weight excluding hydrogens is 256 g/mol. The lowest BCUT2D eigenvalue weighted by molar-refractivity contribution is -0.139. The number of hydrogen-bond acceptors (Lipinski definition) is 3. The molecule has 0 aliphatic carbocycles. The quantitative estimate of drug-likeness (QED) is 0.835. The van der Waals surface area contributed by atoms with Crippen molar-refractivity contribution < 1.29 is 14.7 Å². The lowest BCUT2D eigenvalue weighted by atomic mass is 10.0. The van der Waals surface area contributed by atoms with Gasteiger partial charge in [-0.25, -0.2) is 4.79 Å². The van der Waals surface area contributed by atoms with Crippen molar-refractivity contribution >= 4 is 17.6 Å². The van der Waals surface area contributed by atoms with Crippen molar-refractivity contribution in [1.29, 1.82) is 0 Å². The fraction of sp³-hybridized carbons (Fsp3) is 0.467. The molecule has 5 nitrogen and oxygen atoms in total. The van der Waals surface area contributed by atoms with Crippen LogP contribution in [0, 0.1) is 5.92 Å². The summed E-state index contributed by atoms with van der Waals surface area (Å²) in [5.41, 5.74) is 1.45. The first-order chi connectivity index (χ1) is 9.31. The molecular formula is C15H22N2O3. The van der Waals surface area contributed by atoms with E-state index in [-0.39, 0.29) is 11.8 Å². The Kier molecular flexibility index (Phi) is 5.55. The molecule has 5 heteroatoms. The molecule has 1 atom stereocenters. The Hall–Kier alpha value is -2.04. The van der Waals surface area contributed by atoms with Crippen LogP contribution >= 0.6 is 0 Å². The van der Waals surface area contributed by atoms with Crippen LogP contribution in [0.5, 0.6) is 0 Å². The van der Waals surface area contributed by atoms with E-state index in [2.05, 4.69) is 5.32 Å². The van der Waals surface area contributed by atoms with Crippen LogP contribution in [0.15, 0.2) is 24.3 Å². The summed E-state index contributed by atoms with van der Waals surface area (Å²) < 4.78 is 0. The molecule has 0 aliphatic heterocycles. The summed E-state index contributed by atoms with van der Waals surface area (Å²) in [5, 5.41) is 11.7. The number of nitrogens with zero attached hydrogens (tertiary/aromatic N) is 1. The van der Waals surface area contributed by atoms with Crippen LogP contribution in [0.25, 0.3) is 0 Å². The van der Waals surface area contributed by atoms with E-state index in [1.54, 1.807) is 12.1 Å². The molecule has 0 aromatic heterocycles. The number of benzene rings is 1. The average molecular weight is 278 g/mol. The van der Waals surface area contributed by atoms with E-state index >= 15 is 0 Å². The number of aliphatic carboxylic acids is 1. The van der Waals surface area contributed by atoms with Gasteiger partial charge in [-0.15, -0.1) is 0 Å². The summed E-state index contributed by atoms with van der Waals surface area (Å²) in [6.45, 7) is 3.85. The average Bonchev–Trinajstić information content (AvgIpc) is 2.37. The first kappa shape index (κ1) is 16.0. The minimum atomic E-state index is -1.00. The van der Waals surface area contributed by atoms with Gasteiger partial charge >= 0.3 is 5.97 Å². The Labute approximate surface area is 119 Å². The Balaban J connectivity index is 2.76. The number of nitrogens with one attached hydrogen (secondary N) is 1. The summed E-state index contributed by atoms with van der Waals surface area (Å²) in [4.78, 5) is 25.1. The Morgan fingerprint density at radius 3 is 2.15 bits per heavy atom. The first-order valence-corrected chi connectivity index (χ1v) is 6.62. The summed E-state index contributed by atoms with van der Waals surface area (Å²) in [6.07, 6.45) is 0.414. The smallest absolute Gasteiger partial charge is 0.326 e. The standard InChI is InChI=1S/C15H22N2O3/c1-10(2)9-13(15(19)20)16-14(18)11-5-7-12(8-6-11)17(3)4/h5-8,10,13H,9H2,1-4H3,(H,16,18)(H,19,20)/t13-/m1/s1. The fourth-order valence-corrected chi connectivity index (χ4v) is 1.85. The van der Waals surface area contributed by atoms with Gasteiger partial charge in [-0.1, -0.05) is 13.8 Å². The second kappa shape index (κ2) is 6.93. The molecule has 0 unspecified atom stereocenters. The molecule has 1 aromatic rings. The maximum atomic E-state index is 12.0. The number of carbonyl (C=O) groups is 2. The summed E-state index contributed by atoms with van der Waals surface area (Å²) >= 11 is 0. The molecule has 2 N–H and O–H groups in total. The predicted molar refractivity (Wildman–Crippen MR) is 79.1 cm³/mol. The van der Waals surface area contributed by atoms with Crippen molar-refractivity contribution in [2.24, 2.45) is 5.92 Å². The van der Waals surface area contributed by atoms with Gasteiger partial charge in [0.05, 0.1) is 0 Å². The van der Waals surface area contributed by atoms with Crippen molar-refractivity contribution in [3.05, 3.63) is 29.8 Å². The third-order valence-corrected chi connectivity index (χ3v) is 2.96. The number of rotatable bonds is 6. The number of carbonyl (C=O) groups excluding carboxylic acids is 1. The minimum absolute atomic E-state index is 0.201. The molecule has 20 heavy (non-hydrogen) atoms. The van der Waals surface area contributed by atoms with Gasteiger partial charge in [-0.2, -0.15) is 0 Å². The van der Waals surface area contributed by atoms with Crippen molar-refractivity contribution in [3.8, 4) is 0 Å². The van der Waals surface area contributed by atoms with E-state index < -0.39 is 12.0 Å². The highest BCUT2D eigenvalue weighted by Gasteiger charge is 2.21. The zero-order chi connectivity index (χ0) is 15.3. The zero-order valence-electron chi connectivity index (χ0n) is 12.4. The predicted octanol–water partition coefficient (Wildman–Crippen LogP) is 1.98. The van der Waals surface area contributed by atoms with Crippen molar-refractivity contribution in [2.45, 2.75) is 26.3 Å². The molecule has 1 rings (SSSR count). The van der Waals surface area contributed by atoms with E-state index in [0.717, 1.165) is 5.69 Å². The van der Waals surface area contributed by atoms with E-state index in [1.165, 1.54) is 0 Å². The second-order valence-corrected chi connectivity index (χ2v) is 5.44. The van der Waals surface area contributed by atoms with Crippen LogP contribution in [0.1, 0.15) is 30.6 Å². The number of carboxylic acid groups (broad SMARTS) is 1. The number of hydrogen-bond donors (Lipinski definition) is 2. The van der Waals surface area contributed by atoms with E-state index in [0.29, 0.717) is 12.0 Å². The van der Waals surface area contributed by atoms with Crippen LogP contribution in [-0.2, 0) is 4.79 Å². The van der Waals surface area contributed by atoms with Crippen LogP contribution in [0.3, 0.4) is 0 Å². The number of anilines is 1. The normalized spacial score (nSPS) is 12.1. The summed E-state index contributed by atoms with van der Waals surface area (Å²) in [7, 11) is 3.83. The Morgan fingerprint density at radius 1 is 1.20 bits per heavy atom. The highest BCUT2D eigenvalue weighted by Crippen LogP contribution is 2.13. The highest BCUT2D eigenvalue weighted by atomic mass is 16.4. The molecule has 0 bridgehead atoms. The first-order valence-electron chi connectivity index (χ1n) is 6.62. The third-order valence-electron chi connectivity index (χ3n) is 2.96. The van der Waals surface area contributed by atoms with E-state index in [1.807, 2.05) is 45.0 Å². The lowest BCUT2D eigenvalue weighted by Gasteiger charge is -2.17. The molecule has 0 radical (unpaired) electrons. The van der Waals surface area contributed by atoms with Gasteiger partial charge in [-0.3, -0.25) is 4.79 Å². The second-order valence-electron chi connectivity index (χ2n) is 5.44. The van der Waals surface area contributed by atoms with Gasteiger partial charge in [0.25, 0.3) is 5.91 Å². The van der Waals surface area contributed by atoms with Gasteiger partial charge in [0.1, 0.15) is 6.04 Å². The van der Waals surface area contributed by atoms with Crippen LogP contribution in [0.4, 0.5) is 5.69 Å². The third kappa shape index (κ3) is 4.57. The maximum Gasteiger partial charge on any atom is 0.326 e. The highest BCUT2D eigenvalue weighted by molar-refractivity contribution is 5.96. The van der Waals surface area contributed by atoms with Crippen molar-refractivity contribution in [3.63, 3.8) is 0 Å². The summed E-state index contributed by atoms with van der Waals surface area (Å²) in [6, 6.07) is 6.19. The fourth-order valence-electron chi connectivity index (χ4n) is 1.85. The van der Waals surface area contributed by atoms with E-state index in [4.69, 9.17) is 5.11 Å². The molecule has 110 valence electrons. The van der Waals surface area contributed by atoms with Gasteiger partial charge in [0, 0.05) is 25.3 Å². The van der Waals surface area contributed by atoms with Crippen molar-refractivity contribution in [2.75, 3.05) is 19.0 Å². The zero-order valence-corrected chi connectivity index (χ0v) is 12.4. The SMILES string of the molecule is CC(C)C[C@@H](NC(=O)c1ccc(N(C)C)cc1)C(=O)O. The largest absolute Gasteiger partial charge is 0.480 e. The Morgan fingerprint density at radius 2 is 1.75 bits per heavy atom. The number of carboxylic acids is 1. The molecule has 1 aromatic carbocycles. The van der Waals surface area contributed by atoms with Crippen LogP contribution < -0.4 is 10.2 Å². The molecule has 0 saturated carbocycles. The molecule has 0 spiro atoms. The molecule has 0 fully saturated rings. The molecule has 1 amide bonds. The topological polar surface area (TPSA) is 69.6 Å². The minimum Gasteiger partial charge on any atom is -0.480 e. The molecule has 0 saturated heterocycles. The van der Waals surface area contributed by atoms with Crippen LogP contribution in [0.2, 0.25) is 0 Å². The monoisotopic (exact) mass is 278 g/mol. The van der Waals surface area contributed by atoms with E-state index in [9.17, 15) is 9.59 Å². The number of amides is 1. The van der Waals surface area contributed by atoms with Crippen LogP contribution in [-0.4, -0.2) is 37.1 Å². The van der Waals surface area contributed by atoms with Gasteiger partial charge in [0.2, 0.25) is 0 Å². The van der Waals surface area contributed by atoms with Gasteiger partial charge < -0.3 is 15.3 Å². The van der Waals surface area contributed by atoms with Crippen molar-refractivity contribution in [1.82, 2.24) is 5.32 Å². The molecule has 0 aliphatic rings. The molecule has 0 heterocycles. The Bertz CT molecular complexity index is 467.